The zero-order valence-electron chi connectivity index (χ0n) is 12.3. The van der Waals surface area contributed by atoms with Gasteiger partial charge in [0.2, 0.25) is 0 Å². The maximum atomic E-state index is 6.03. The number of aromatic nitrogens is 1. The molecule has 0 radical (unpaired) electrons. The summed E-state index contributed by atoms with van der Waals surface area (Å²) in [4.78, 5) is 4.60. The van der Waals surface area contributed by atoms with Crippen molar-refractivity contribution in [2.75, 3.05) is 6.54 Å². The summed E-state index contributed by atoms with van der Waals surface area (Å²) in [5.74, 6) is 1.64. The fourth-order valence-corrected chi connectivity index (χ4v) is 3.33. The van der Waals surface area contributed by atoms with E-state index in [0.717, 1.165) is 35.6 Å². The summed E-state index contributed by atoms with van der Waals surface area (Å²) >= 11 is 1.72. The summed E-state index contributed by atoms with van der Waals surface area (Å²) in [5.41, 5.74) is 1.09. The van der Waals surface area contributed by atoms with Gasteiger partial charge in [-0.1, -0.05) is 20.8 Å². The zero-order chi connectivity index (χ0) is 13.7. The number of nitrogens with one attached hydrogen (secondary N) is 1. The first-order valence-electron chi connectivity index (χ1n) is 7.44. The van der Waals surface area contributed by atoms with E-state index in [0.29, 0.717) is 12.7 Å². The number of ether oxygens (including phenoxy) is 1. The van der Waals surface area contributed by atoms with E-state index in [9.17, 15) is 0 Å². The highest BCUT2D eigenvalue weighted by Crippen LogP contribution is 2.31. The Balaban J connectivity index is 1.74. The van der Waals surface area contributed by atoms with Crippen molar-refractivity contribution >= 4 is 11.3 Å². The van der Waals surface area contributed by atoms with Crippen molar-refractivity contribution in [3.63, 3.8) is 0 Å². The molecule has 1 aromatic rings. The van der Waals surface area contributed by atoms with E-state index in [2.05, 4.69) is 36.5 Å². The van der Waals surface area contributed by atoms with E-state index in [4.69, 9.17) is 4.74 Å². The highest BCUT2D eigenvalue weighted by molar-refractivity contribution is 7.09. The molecule has 3 atom stereocenters. The minimum absolute atomic E-state index is 0.435. The lowest BCUT2D eigenvalue weighted by Crippen LogP contribution is -2.26. The van der Waals surface area contributed by atoms with E-state index >= 15 is 0 Å². The summed E-state index contributed by atoms with van der Waals surface area (Å²) in [6, 6.07) is 0. The molecule has 1 aliphatic carbocycles. The molecule has 1 N–H and O–H groups in total. The Labute approximate surface area is 120 Å². The third-order valence-corrected chi connectivity index (χ3v) is 5.04. The first-order valence-corrected chi connectivity index (χ1v) is 8.32. The third kappa shape index (κ3) is 4.55. The van der Waals surface area contributed by atoms with E-state index < -0.39 is 0 Å². The topological polar surface area (TPSA) is 34.2 Å². The second-order valence-corrected chi connectivity index (χ2v) is 6.66. The van der Waals surface area contributed by atoms with Crippen LogP contribution in [0.4, 0.5) is 0 Å². The molecule has 0 amide bonds. The van der Waals surface area contributed by atoms with Crippen molar-refractivity contribution in [1.82, 2.24) is 10.3 Å². The quantitative estimate of drug-likeness (QED) is 0.865. The molecule has 1 heterocycles. The Morgan fingerprint density at radius 2 is 2.21 bits per heavy atom. The van der Waals surface area contributed by atoms with Crippen molar-refractivity contribution < 1.29 is 4.74 Å². The van der Waals surface area contributed by atoms with Crippen LogP contribution in [0.3, 0.4) is 0 Å². The lowest BCUT2D eigenvalue weighted by Gasteiger charge is -2.31. The molecular formula is C15H26N2OS. The molecule has 1 saturated carbocycles. The van der Waals surface area contributed by atoms with Gasteiger partial charge in [-0.15, -0.1) is 11.3 Å². The normalized spacial score (nSPS) is 27.6. The van der Waals surface area contributed by atoms with Gasteiger partial charge in [0.05, 0.1) is 18.4 Å². The second-order valence-electron chi connectivity index (χ2n) is 5.71. The lowest BCUT2D eigenvalue weighted by atomic mass is 9.80. The molecule has 0 spiro atoms. The van der Waals surface area contributed by atoms with Crippen molar-refractivity contribution in [1.29, 1.82) is 0 Å². The van der Waals surface area contributed by atoms with Gasteiger partial charge in [0, 0.05) is 11.9 Å². The molecule has 0 aliphatic heterocycles. The maximum absolute atomic E-state index is 6.03. The van der Waals surface area contributed by atoms with Crippen molar-refractivity contribution in [2.24, 2.45) is 11.8 Å². The number of nitrogens with zero attached hydrogens (tertiary/aromatic N) is 1. The summed E-state index contributed by atoms with van der Waals surface area (Å²) in [7, 11) is 0. The van der Waals surface area contributed by atoms with E-state index in [1.807, 2.05) is 0 Å². The van der Waals surface area contributed by atoms with Crippen molar-refractivity contribution in [3.8, 4) is 0 Å². The van der Waals surface area contributed by atoms with Crippen LogP contribution in [0, 0.1) is 11.8 Å². The van der Waals surface area contributed by atoms with Gasteiger partial charge >= 0.3 is 0 Å². The first kappa shape index (κ1) is 14.9. The molecule has 0 saturated heterocycles. The van der Waals surface area contributed by atoms with Crippen LogP contribution in [0.5, 0.6) is 0 Å². The van der Waals surface area contributed by atoms with E-state index in [-0.39, 0.29) is 0 Å². The van der Waals surface area contributed by atoms with Gasteiger partial charge < -0.3 is 10.1 Å². The van der Waals surface area contributed by atoms with Crippen LogP contribution in [0.15, 0.2) is 5.38 Å². The Bertz CT molecular complexity index is 380. The van der Waals surface area contributed by atoms with Crippen LogP contribution in [0.1, 0.15) is 50.7 Å². The molecule has 108 valence electrons. The summed E-state index contributed by atoms with van der Waals surface area (Å²) in [6.45, 7) is 9.35. The fourth-order valence-electron chi connectivity index (χ4n) is 2.58. The fraction of sp³-hybridized carbons (Fsp3) is 0.800. The Morgan fingerprint density at radius 1 is 1.37 bits per heavy atom. The largest absolute Gasteiger partial charge is 0.372 e. The summed E-state index contributed by atoms with van der Waals surface area (Å²) in [5, 5.41) is 6.59. The molecule has 1 aromatic heterocycles. The number of thiazole rings is 1. The molecular weight excluding hydrogens is 256 g/mol. The van der Waals surface area contributed by atoms with Gasteiger partial charge in [-0.3, -0.25) is 0 Å². The number of hydrogen-bond acceptors (Lipinski definition) is 4. The standard InChI is InChI=1S/C15H26N2OS/c1-4-16-8-15-17-13(10-19-15)9-18-14-6-5-11(2)12(3)7-14/h10-12,14,16H,4-9H2,1-3H3. The smallest absolute Gasteiger partial charge is 0.107 e. The van der Waals surface area contributed by atoms with Gasteiger partial charge in [0.25, 0.3) is 0 Å². The zero-order valence-corrected chi connectivity index (χ0v) is 13.1. The monoisotopic (exact) mass is 282 g/mol. The van der Waals surface area contributed by atoms with E-state index in [1.54, 1.807) is 11.3 Å². The van der Waals surface area contributed by atoms with E-state index in [1.165, 1.54) is 19.3 Å². The first-order chi connectivity index (χ1) is 9.19. The number of hydrogen-bond donors (Lipinski definition) is 1. The van der Waals surface area contributed by atoms with Crippen LogP contribution >= 0.6 is 11.3 Å². The Morgan fingerprint density at radius 3 is 2.95 bits per heavy atom. The van der Waals surface area contributed by atoms with Gasteiger partial charge in [0.1, 0.15) is 5.01 Å². The second kappa shape index (κ2) is 7.36. The van der Waals surface area contributed by atoms with Gasteiger partial charge in [-0.25, -0.2) is 4.98 Å². The predicted molar refractivity (Wildman–Crippen MR) is 80.3 cm³/mol. The molecule has 3 unspecified atom stereocenters. The van der Waals surface area contributed by atoms with Crippen LogP contribution in [-0.2, 0) is 17.9 Å². The summed E-state index contributed by atoms with van der Waals surface area (Å²) in [6.07, 6.45) is 4.15. The molecule has 0 aromatic carbocycles. The average molecular weight is 282 g/mol. The third-order valence-electron chi connectivity index (χ3n) is 4.14. The van der Waals surface area contributed by atoms with Gasteiger partial charge in [-0.05, 0) is 37.6 Å². The van der Waals surface area contributed by atoms with Crippen LogP contribution < -0.4 is 5.32 Å². The molecule has 4 heteroatoms. The molecule has 0 bridgehead atoms. The minimum atomic E-state index is 0.435. The van der Waals surface area contributed by atoms with Crippen molar-refractivity contribution in [2.45, 2.75) is 59.3 Å². The van der Waals surface area contributed by atoms with Gasteiger partial charge in [-0.2, -0.15) is 0 Å². The SMILES string of the molecule is CCNCc1nc(COC2CCC(C)C(C)C2)cs1. The van der Waals surface area contributed by atoms with Crippen LogP contribution in [-0.4, -0.2) is 17.6 Å². The average Bonchev–Trinajstić information content (AvgIpc) is 2.86. The molecule has 3 nitrogen and oxygen atoms in total. The van der Waals surface area contributed by atoms with Crippen LogP contribution in [0.2, 0.25) is 0 Å². The highest BCUT2D eigenvalue weighted by Gasteiger charge is 2.25. The molecule has 1 fully saturated rings. The van der Waals surface area contributed by atoms with Crippen molar-refractivity contribution in [3.05, 3.63) is 16.1 Å². The molecule has 2 rings (SSSR count). The molecule has 19 heavy (non-hydrogen) atoms. The van der Waals surface area contributed by atoms with Gasteiger partial charge in [0.15, 0.2) is 0 Å². The number of rotatable bonds is 6. The molecule has 1 aliphatic rings. The Kier molecular flexibility index (Phi) is 5.79. The minimum Gasteiger partial charge on any atom is -0.372 e. The lowest BCUT2D eigenvalue weighted by molar-refractivity contribution is -0.00861. The maximum Gasteiger partial charge on any atom is 0.107 e. The van der Waals surface area contributed by atoms with Crippen LogP contribution in [0.25, 0.3) is 0 Å². The summed E-state index contributed by atoms with van der Waals surface area (Å²) < 4.78 is 6.03. The predicted octanol–water partition coefficient (Wildman–Crippen LogP) is 3.59. The highest BCUT2D eigenvalue weighted by atomic mass is 32.1. The Hall–Kier alpha value is -0.450.